The first-order valence-electron chi connectivity index (χ1n) is 4.69. The molecule has 0 aromatic heterocycles. The molecule has 0 bridgehead atoms. The minimum atomic E-state index is -0.301. The Morgan fingerprint density at radius 1 is 1.29 bits per heavy atom. The minimum absolute atomic E-state index is 0.164. The van der Waals surface area contributed by atoms with Crippen LogP contribution in [-0.4, -0.2) is 11.9 Å². The normalized spacial score (nSPS) is 12.4. The molecule has 1 rings (SSSR count). The third-order valence-corrected chi connectivity index (χ3v) is 1.96. The molecule has 1 aromatic carbocycles. The molecule has 14 heavy (non-hydrogen) atoms. The van der Waals surface area contributed by atoms with Crippen molar-refractivity contribution in [3.05, 3.63) is 35.4 Å². The molecule has 0 radical (unpaired) electrons. The van der Waals surface area contributed by atoms with Gasteiger partial charge in [-0.2, -0.15) is 0 Å². The highest BCUT2D eigenvalue weighted by molar-refractivity contribution is 5.76. The highest BCUT2D eigenvalue weighted by Gasteiger charge is 2.00. The monoisotopic (exact) mass is 192 g/mol. The van der Waals surface area contributed by atoms with Crippen molar-refractivity contribution in [3.8, 4) is 0 Å². The lowest BCUT2D eigenvalue weighted by molar-refractivity contribution is -0.117. The molecule has 0 aliphatic carbocycles. The fraction of sp³-hybridized carbons (Fsp3) is 0.364. The van der Waals surface area contributed by atoms with Crippen molar-refractivity contribution >= 4 is 5.91 Å². The van der Waals surface area contributed by atoms with Crippen LogP contribution in [0.4, 0.5) is 0 Å². The summed E-state index contributed by atoms with van der Waals surface area (Å²) >= 11 is 0. The molecule has 0 saturated heterocycles. The van der Waals surface area contributed by atoms with E-state index in [1.54, 1.807) is 0 Å². The maximum Gasteiger partial charge on any atom is 0.221 e. The first-order valence-corrected chi connectivity index (χ1v) is 4.69. The van der Waals surface area contributed by atoms with Crippen LogP contribution in [0.2, 0.25) is 0 Å². The van der Waals surface area contributed by atoms with Crippen LogP contribution in [0, 0.1) is 0 Å². The van der Waals surface area contributed by atoms with Crippen molar-refractivity contribution in [3.63, 3.8) is 0 Å². The summed E-state index contributed by atoms with van der Waals surface area (Å²) in [7, 11) is 0. The van der Waals surface area contributed by atoms with Crippen molar-refractivity contribution in [2.75, 3.05) is 0 Å². The lowest BCUT2D eigenvalue weighted by Gasteiger charge is -2.05. The quantitative estimate of drug-likeness (QED) is 0.733. The van der Waals surface area contributed by atoms with Gasteiger partial charge in [-0.1, -0.05) is 24.3 Å². The molecule has 3 nitrogen and oxygen atoms in total. The van der Waals surface area contributed by atoms with Gasteiger partial charge >= 0.3 is 0 Å². The summed E-state index contributed by atoms with van der Waals surface area (Å²) in [5.74, 6) is -0.301. The SMILES string of the molecule is CC(N)Cc1ccc(CC(N)=O)cc1. The van der Waals surface area contributed by atoms with E-state index >= 15 is 0 Å². The average molecular weight is 192 g/mol. The number of primary amides is 1. The number of benzene rings is 1. The van der Waals surface area contributed by atoms with Crippen molar-refractivity contribution in [2.45, 2.75) is 25.8 Å². The molecule has 0 aliphatic heterocycles. The predicted molar refractivity (Wildman–Crippen MR) is 56.7 cm³/mol. The molecule has 1 amide bonds. The second-order valence-electron chi connectivity index (χ2n) is 3.64. The number of amides is 1. The standard InChI is InChI=1S/C11H16N2O/c1-8(12)6-9-2-4-10(5-3-9)7-11(13)14/h2-5,8H,6-7,12H2,1H3,(H2,13,14). The number of carbonyl (C=O) groups excluding carboxylic acids is 1. The molecule has 4 N–H and O–H groups in total. The molecular weight excluding hydrogens is 176 g/mol. The van der Waals surface area contributed by atoms with Gasteiger partial charge in [0.25, 0.3) is 0 Å². The Morgan fingerprint density at radius 3 is 2.21 bits per heavy atom. The van der Waals surface area contributed by atoms with Gasteiger partial charge in [0.1, 0.15) is 0 Å². The molecule has 0 aliphatic rings. The van der Waals surface area contributed by atoms with Gasteiger partial charge in [-0.3, -0.25) is 4.79 Å². The second kappa shape index (κ2) is 4.77. The van der Waals surface area contributed by atoms with Crippen LogP contribution in [0.15, 0.2) is 24.3 Å². The predicted octanol–water partition coefficient (Wildman–Crippen LogP) is 0.604. The lowest BCUT2D eigenvalue weighted by atomic mass is 10.0. The third-order valence-electron chi connectivity index (χ3n) is 1.96. The van der Waals surface area contributed by atoms with Crippen LogP contribution < -0.4 is 11.5 Å². The van der Waals surface area contributed by atoms with Gasteiger partial charge in [0.15, 0.2) is 0 Å². The van der Waals surface area contributed by atoms with E-state index in [1.807, 2.05) is 31.2 Å². The zero-order valence-corrected chi connectivity index (χ0v) is 8.36. The van der Waals surface area contributed by atoms with E-state index < -0.39 is 0 Å². The van der Waals surface area contributed by atoms with Gasteiger partial charge in [0.05, 0.1) is 6.42 Å². The molecule has 3 heteroatoms. The summed E-state index contributed by atoms with van der Waals surface area (Å²) in [5.41, 5.74) is 12.9. The van der Waals surface area contributed by atoms with Gasteiger partial charge < -0.3 is 11.5 Å². The van der Waals surface area contributed by atoms with Gasteiger partial charge in [0, 0.05) is 6.04 Å². The van der Waals surface area contributed by atoms with Crippen molar-refractivity contribution < 1.29 is 4.79 Å². The fourth-order valence-electron chi connectivity index (χ4n) is 1.37. The second-order valence-corrected chi connectivity index (χ2v) is 3.64. The highest BCUT2D eigenvalue weighted by Crippen LogP contribution is 2.06. The van der Waals surface area contributed by atoms with Crippen LogP contribution in [0.25, 0.3) is 0 Å². The zero-order valence-electron chi connectivity index (χ0n) is 8.36. The van der Waals surface area contributed by atoms with E-state index in [9.17, 15) is 4.79 Å². The molecule has 1 atom stereocenters. The fourth-order valence-corrected chi connectivity index (χ4v) is 1.37. The van der Waals surface area contributed by atoms with Gasteiger partial charge in [-0.05, 0) is 24.5 Å². The Balaban J connectivity index is 2.63. The van der Waals surface area contributed by atoms with Crippen molar-refractivity contribution in [2.24, 2.45) is 11.5 Å². The van der Waals surface area contributed by atoms with Crippen LogP contribution >= 0.6 is 0 Å². The Bertz CT molecular complexity index is 304. The third kappa shape index (κ3) is 3.58. The Kier molecular flexibility index (Phi) is 3.65. The summed E-state index contributed by atoms with van der Waals surface area (Å²) in [6.07, 6.45) is 1.16. The number of hydrogen-bond acceptors (Lipinski definition) is 2. The van der Waals surface area contributed by atoms with E-state index in [0.29, 0.717) is 6.42 Å². The highest BCUT2D eigenvalue weighted by atomic mass is 16.1. The van der Waals surface area contributed by atoms with Crippen LogP contribution in [0.3, 0.4) is 0 Å². The van der Waals surface area contributed by atoms with E-state index in [2.05, 4.69) is 0 Å². The van der Waals surface area contributed by atoms with E-state index in [0.717, 1.165) is 12.0 Å². The van der Waals surface area contributed by atoms with Crippen LogP contribution in [0.1, 0.15) is 18.1 Å². The maximum absolute atomic E-state index is 10.6. The van der Waals surface area contributed by atoms with E-state index in [4.69, 9.17) is 11.5 Å². The molecule has 1 unspecified atom stereocenters. The number of hydrogen-bond donors (Lipinski definition) is 2. The van der Waals surface area contributed by atoms with Crippen molar-refractivity contribution in [1.82, 2.24) is 0 Å². The van der Waals surface area contributed by atoms with E-state index in [1.165, 1.54) is 5.56 Å². The Hall–Kier alpha value is -1.35. The van der Waals surface area contributed by atoms with Crippen LogP contribution in [0.5, 0.6) is 0 Å². The van der Waals surface area contributed by atoms with E-state index in [-0.39, 0.29) is 11.9 Å². The van der Waals surface area contributed by atoms with Crippen LogP contribution in [-0.2, 0) is 17.6 Å². The maximum atomic E-state index is 10.6. The largest absolute Gasteiger partial charge is 0.369 e. The molecule has 0 fully saturated rings. The summed E-state index contributed by atoms with van der Waals surface area (Å²) in [6, 6.07) is 7.98. The molecule has 76 valence electrons. The molecule has 1 aromatic rings. The molecule has 0 saturated carbocycles. The van der Waals surface area contributed by atoms with Gasteiger partial charge in [-0.25, -0.2) is 0 Å². The first-order chi connectivity index (χ1) is 6.58. The summed E-state index contributed by atoms with van der Waals surface area (Å²) < 4.78 is 0. The van der Waals surface area contributed by atoms with Gasteiger partial charge in [-0.15, -0.1) is 0 Å². The molecule has 0 spiro atoms. The average Bonchev–Trinajstić information content (AvgIpc) is 2.06. The number of rotatable bonds is 4. The molecular formula is C11H16N2O. The minimum Gasteiger partial charge on any atom is -0.369 e. The zero-order chi connectivity index (χ0) is 10.6. The summed E-state index contributed by atoms with van der Waals surface area (Å²) in [4.78, 5) is 10.6. The topological polar surface area (TPSA) is 69.1 Å². The molecule has 0 heterocycles. The number of carbonyl (C=O) groups is 1. The number of nitrogens with two attached hydrogens (primary N) is 2. The lowest BCUT2D eigenvalue weighted by Crippen LogP contribution is -2.17. The smallest absolute Gasteiger partial charge is 0.221 e. The Labute approximate surface area is 84.1 Å². The Morgan fingerprint density at radius 2 is 1.79 bits per heavy atom. The van der Waals surface area contributed by atoms with Crippen molar-refractivity contribution in [1.29, 1.82) is 0 Å². The summed E-state index contributed by atoms with van der Waals surface area (Å²) in [5, 5.41) is 0. The first kappa shape index (κ1) is 10.7. The summed E-state index contributed by atoms with van der Waals surface area (Å²) in [6.45, 7) is 1.97. The van der Waals surface area contributed by atoms with Gasteiger partial charge in [0.2, 0.25) is 5.91 Å².